The Morgan fingerprint density at radius 2 is 1.94 bits per heavy atom. The standard InChI is InChI=1S/C14H17N3S/c1-3-18-12-6-4-11(5-7-12)14-16-9-10(2)13(8-15)17-14/h4-7,9H,3,8,15H2,1-2H3. The van der Waals surface area contributed by atoms with E-state index < -0.39 is 0 Å². The molecule has 0 radical (unpaired) electrons. The smallest absolute Gasteiger partial charge is 0.159 e. The molecule has 94 valence electrons. The van der Waals surface area contributed by atoms with Crippen LogP contribution in [0.3, 0.4) is 0 Å². The monoisotopic (exact) mass is 259 g/mol. The summed E-state index contributed by atoms with van der Waals surface area (Å²) in [4.78, 5) is 10.1. The maximum absolute atomic E-state index is 5.67. The first-order valence-corrected chi connectivity index (χ1v) is 6.99. The first kappa shape index (κ1) is 13.1. The van der Waals surface area contributed by atoms with Crippen LogP contribution in [0.15, 0.2) is 35.4 Å². The van der Waals surface area contributed by atoms with E-state index in [1.54, 1.807) is 0 Å². The lowest BCUT2D eigenvalue weighted by atomic mass is 10.2. The molecule has 0 aliphatic rings. The number of aryl methyl sites for hydroxylation is 1. The third-order valence-corrected chi connectivity index (χ3v) is 3.59. The maximum atomic E-state index is 5.67. The molecular weight excluding hydrogens is 242 g/mol. The molecule has 1 heterocycles. The Morgan fingerprint density at radius 1 is 1.22 bits per heavy atom. The second-order valence-corrected chi connectivity index (χ2v) is 5.32. The SMILES string of the molecule is CCSc1ccc(-c2ncc(C)c(CN)n2)cc1. The van der Waals surface area contributed by atoms with Crippen LogP contribution in [0, 0.1) is 6.92 Å². The van der Waals surface area contributed by atoms with Crippen LogP contribution in [0.5, 0.6) is 0 Å². The molecule has 0 atom stereocenters. The zero-order valence-corrected chi connectivity index (χ0v) is 11.5. The van der Waals surface area contributed by atoms with Gasteiger partial charge in [0.05, 0.1) is 5.69 Å². The highest BCUT2D eigenvalue weighted by Gasteiger charge is 2.05. The molecule has 0 aliphatic heterocycles. The van der Waals surface area contributed by atoms with Gasteiger partial charge in [0.25, 0.3) is 0 Å². The minimum absolute atomic E-state index is 0.450. The van der Waals surface area contributed by atoms with Crippen LogP contribution in [-0.2, 0) is 6.54 Å². The summed E-state index contributed by atoms with van der Waals surface area (Å²) in [6, 6.07) is 8.33. The molecule has 0 saturated carbocycles. The zero-order chi connectivity index (χ0) is 13.0. The Balaban J connectivity index is 2.30. The van der Waals surface area contributed by atoms with E-state index in [1.807, 2.05) is 24.9 Å². The van der Waals surface area contributed by atoms with E-state index in [4.69, 9.17) is 5.73 Å². The van der Waals surface area contributed by atoms with Crippen LogP contribution in [0.2, 0.25) is 0 Å². The fourth-order valence-electron chi connectivity index (χ4n) is 1.69. The van der Waals surface area contributed by atoms with Crippen molar-refractivity contribution in [2.75, 3.05) is 5.75 Å². The summed E-state index contributed by atoms with van der Waals surface area (Å²) in [6.07, 6.45) is 1.83. The van der Waals surface area contributed by atoms with E-state index in [1.165, 1.54) is 4.90 Å². The third kappa shape index (κ3) is 2.89. The van der Waals surface area contributed by atoms with Crippen molar-refractivity contribution < 1.29 is 0 Å². The molecule has 2 rings (SSSR count). The number of rotatable bonds is 4. The molecule has 2 aromatic rings. The molecule has 0 saturated heterocycles. The molecule has 4 heteroatoms. The number of thioether (sulfide) groups is 1. The molecule has 0 bridgehead atoms. The molecule has 0 fully saturated rings. The molecule has 0 unspecified atom stereocenters. The fourth-order valence-corrected chi connectivity index (χ4v) is 2.35. The summed E-state index contributed by atoms with van der Waals surface area (Å²) in [6.45, 7) is 4.58. The summed E-state index contributed by atoms with van der Waals surface area (Å²) in [5.74, 6) is 1.83. The molecule has 0 aliphatic carbocycles. The van der Waals surface area contributed by atoms with Crippen molar-refractivity contribution in [3.63, 3.8) is 0 Å². The van der Waals surface area contributed by atoms with E-state index in [0.717, 1.165) is 28.4 Å². The van der Waals surface area contributed by atoms with E-state index in [0.29, 0.717) is 6.54 Å². The van der Waals surface area contributed by atoms with Crippen LogP contribution < -0.4 is 5.73 Å². The van der Waals surface area contributed by atoms with Gasteiger partial charge in [-0.15, -0.1) is 11.8 Å². The van der Waals surface area contributed by atoms with Gasteiger partial charge in [0.1, 0.15) is 0 Å². The molecule has 3 nitrogen and oxygen atoms in total. The quantitative estimate of drug-likeness (QED) is 0.857. The van der Waals surface area contributed by atoms with Crippen molar-refractivity contribution in [3.05, 3.63) is 41.7 Å². The van der Waals surface area contributed by atoms with Gasteiger partial charge in [0, 0.05) is 23.2 Å². The van der Waals surface area contributed by atoms with Crippen LogP contribution >= 0.6 is 11.8 Å². The first-order valence-electron chi connectivity index (χ1n) is 6.00. The summed E-state index contributed by atoms with van der Waals surface area (Å²) >= 11 is 1.83. The van der Waals surface area contributed by atoms with Crippen molar-refractivity contribution in [2.24, 2.45) is 5.73 Å². The van der Waals surface area contributed by atoms with Crippen LogP contribution in [0.25, 0.3) is 11.4 Å². The molecule has 0 amide bonds. The average Bonchev–Trinajstić information content (AvgIpc) is 2.41. The minimum Gasteiger partial charge on any atom is -0.325 e. The summed E-state index contributed by atoms with van der Waals surface area (Å²) in [7, 11) is 0. The molecule has 18 heavy (non-hydrogen) atoms. The lowest BCUT2D eigenvalue weighted by Crippen LogP contribution is -2.04. The van der Waals surface area contributed by atoms with Crippen LogP contribution in [0.4, 0.5) is 0 Å². The summed E-state index contributed by atoms with van der Waals surface area (Å²) in [5.41, 5.74) is 8.65. The predicted octanol–water partition coefficient (Wildman–Crippen LogP) is 3.02. The number of nitrogens with zero attached hydrogens (tertiary/aromatic N) is 2. The normalized spacial score (nSPS) is 10.6. The molecule has 2 N–H and O–H groups in total. The lowest BCUT2D eigenvalue weighted by molar-refractivity contribution is 0.945. The van der Waals surface area contributed by atoms with Gasteiger partial charge in [-0.2, -0.15) is 0 Å². The van der Waals surface area contributed by atoms with Gasteiger partial charge in [0.2, 0.25) is 0 Å². The van der Waals surface area contributed by atoms with Gasteiger partial charge in [-0.25, -0.2) is 9.97 Å². The van der Waals surface area contributed by atoms with Crippen LogP contribution in [0.1, 0.15) is 18.2 Å². The highest BCUT2D eigenvalue weighted by molar-refractivity contribution is 7.99. The van der Waals surface area contributed by atoms with Gasteiger partial charge >= 0.3 is 0 Å². The number of hydrogen-bond donors (Lipinski definition) is 1. The minimum atomic E-state index is 0.450. The number of nitrogens with two attached hydrogens (primary N) is 1. The van der Waals surface area contributed by atoms with Crippen molar-refractivity contribution in [1.82, 2.24) is 9.97 Å². The second-order valence-electron chi connectivity index (χ2n) is 3.98. The summed E-state index contributed by atoms with van der Waals surface area (Å²) in [5, 5.41) is 0. The Kier molecular flexibility index (Phi) is 4.33. The Hall–Kier alpha value is -1.39. The topological polar surface area (TPSA) is 51.8 Å². The number of benzene rings is 1. The van der Waals surface area contributed by atoms with Gasteiger partial charge in [-0.05, 0) is 30.4 Å². The molecular formula is C14H17N3S. The Morgan fingerprint density at radius 3 is 2.56 bits per heavy atom. The predicted molar refractivity (Wildman–Crippen MR) is 76.5 cm³/mol. The van der Waals surface area contributed by atoms with Gasteiger partial charge < -0.3 is 5.73 Å². The van der Waals surface area contributed by atoms with Crippen molar-refractivity contribution in [2.45, 2.75) is 25.3 Å². The maximum Gasteiger partial charge on any atom is 0.159 e. The fraction of sp³-hybridized carbons (Fsp3) is 0.286. The Bertz CT molecular complexity index is 523. The zero-order valence-electron chi connectivity index (χ0n) is 10.7. The van der Waals surface area contributed by atoms with E-state index in [2.05, 4.69) is 41.2 Å². The van der Waals surface area contributed by atoms with Gasteiger partial charge in [0.15, 0.2) is 5.82 Å². The van der Waals surface area contributed by atoms with E-state index in [-0.39, 0.29) is 0 Å². The second kappa shape index (κ2) is 5.98. The average molecular weight is 259 g/mol. The largest absolute Gasteiger partial charge is 0.325 e. The van der Waals surface area contributed by atoms with E-state index in [9.17, 15) is 0 Å². The van der Waals surface area contributed by atoms with Crippen molar-refractivity contribution in [1.29, 1.82) is 0 Å². The Labute approximate surface area is 112 Å². The third-order valence-electron chi connectivity index (χ3n) is 2.69. The molecule has 1 aromatic heterocycles. The van der Waals surface area contributed by atoms with Crippen LogP contribution in [-0.4, -0.2) is 15.7 Å². The lowest BCUT2D eigenvalue weighted by Gasteiger charge is -2.06. The highest BCUT2D eigenvalue weighted by atomic mass is 32.2. The van der Waals surface area contributed by atoms with Crippen molar-refractivity contribution >= 4 is 11.8 Å². The molecule has 0 spiro atoms. The first-order chi connectivity index (χ1) is 8.74. The number of aromatic nitrogens is 2. The van der Waals surface area contributed by atoms with Gasteiger partial charge in [-0.1, -0.05) is 19.1 Å². The van der Waals surface area contributed by atoms with E-state index >= 15 is 0 Å². The molecule has 1 aromatic carbocycles. The highest BCUT2D eigenvalue weighted by Crippen LogP contribution is 2.22. The number of hydrogen-bond acceptors (Lipinski definition) is 4. The summed E-state index contributed by atoms with van der Waals surface area (Å²) < 4.78 is 0. The van der Waals surface area contributed by atoms with Crippen molar-refractivity contribution in [3.8, 4) is 11.4 Å². The van der Waals surface area contributed by atoms with Gasteiger partial charge in [-0.3, -0.25) is 0 Å².